The number of hydrogen-bond acceptors (Lipinski definition) is 4. The fourth-order valence-electron chi connectivity index (χ4n) is 2.33. The van der Waals surface area contributed by atoms with E-state index in [0.29, 0.717) is 12.4 Å². The molecule has 0 saturated heterocycles. The van der Waals surface area contributed by atoms with E-state index >= 15 is 0 Å². The summed E-state index contributed by atoms with van der Waals surface area (Å²) in [6.45, 7) is 2.33. The summed E-state index contributed by atoms with van der Waals surface area (Å²) in [6.07, 6.45) is 5.70. The first-order valence-corrected chi connectivity index (χ1v) is 6.99. The molecule has 1 aliphatic carbocycles. The molecule has 0 spiro atoms. The molecule has 1 fully saturated rings. The molecule has 1 aliphatic rings. The molecule has 108 valence electrons. The van der Waals surface area contributed by atoms with Crippen LogP contribution in [0.5, 0.6) is 11.5 Å². The maximum Gasteiger partial charge on any atom is 0.243 e. The lowest BCUT2D eigenvalue weighted by atomic mass is 10.1. The fraction of sp³-hybridized carbons (Fsp3) is 0.467. The van der Waals surface area contributed by atoms with Gasteiger partial charge in [-0.15, -0.1) is 0 Å². The van der Waals surface area contributed by atoms with E-state index in [0.717, 1.165) is 31.2 Å². The van der Waals surface area contributed by atoms with Gasteiger partial charge < -0.3 is 9.84 Å². The predicted octanol–water partition coefficient (Wildman–Crippen LogP) is 2.43. The van der Waals surface area contributed by atoms with E-state index < -0.39 is 0 Å². The minimum Gasteiger partial charge on any atom is -0.504 e. The van der Waals surface area contributed by atoms with Crippen molar-refractivity contribution in [3.8, 4) is 11.5 Å². The number of nitrogens with zero attached hydrogens (tertiary/aromatic N) is 1. The van der Waals surface area contributed by atoms with E-state index in [1.54, 1.807) is 24.4 Å². The third-order valence-corrected chi connectivity index (χ3v) is 3.40. The van der Waals surface area contributed by atoms with Gasteiger partial charge in [0.15, 0.2) is 11.5 Å². The van der Waals surface area contributed by atoms with Gasteiger partial charge in [-0.25, -0.2) is 5.43 Å². The molecule has 20 heavy (non-hydrogen) atoms. The summed E-state index contributed by atoms with van der Waals surface area (Å²) >= 11 is 0. The van der Waals surface area contributed by atoms with E-state index in [9.17, 15) is 9.90 Å². The van der Waals surface area contributed by atoms with Gasteiger partial charge in [-0.2, -0.15) is 5.10 Å². The Morgan fingerprint density at radius 1 is 1.50 bits per heavy atom. The van der Waals surface area contributed by atoms with Crippen LogP contribution in [0.3, 0.4) is 0 Å². The zero-order valence-electron chi connectivity index (χ0n) is 11.6. The first-order chi connectivity index (χ1) is 9.70. The molecule has 5 heteroatoms. The van der Waals surface area contributed by atoms with Crippen molar-refractivity contribution in [1.29, 1.82) is 0 Å². The average molecular weight is 276 g/mol. The summed E-state index contributed by atoms with van der Waals surface area (Å²) < 4.78 is 5.29. The standard InChI is InChI=1S/C15H20N2O3/c1-2-20-14-9-11(7-8-13(14)18)10-16-17-15(19)12-5-3-4-6-12/h7-10,12,18H,2-6H2,1H3,(H,17,19)/b16-10-. The number of rotatable bonds is 5. The van der Waals surface area contributed by atoms with Crippen LogP contribution in [-0.4, -0.2) is 23.8 Å². The Labute approximate surface area is 118 Å². The highest BCUT2D eigenvalue weighted by molar-refractivity contribution is 5.84. The molecule has 0 atom stereocenters. The van der Waals surface area contributed by atoms with Crippen molar-refractivity contribution in [2.75, 3.05) is 6.61 Å². The number of nitrogens with one attached hydrogen (secondary N) is 1. The number of benzene rings is 1. The molecule has 5 nitrogen and oxygen atoms in total. The van der Waals surface area contributed by atoms with Crippen LogP contribution in [-0.2, 0) is 4.79 Å². The predicted molar refractivity (Wildman–Crippen MR) is 77.0 cm³/mol. The Hall–Kier alpha value is -2.04. The van der Waals surface area contributed by atoms with Crippen molar-refractivity contribution >= 4 is 12.1 Å². The largest absolute Gasteiger partial charge is 0.504 e. The van der Waals surface area contributed by atoms with E-state index in [2.05, 4.69) is 10.5 Å². The number of phenols is 1. The lowest BCUT2D eigenvalue weighted by molar-refractivity contribution is -0.124. The van der Waals surface area contributed by atoms with Crippen LogP contribution in [0.2, 0.25) is 0 Å². The van der Waals surface area contributed by atoms with E-state index in [-0.39, 0.29) is 17.6 Å². The summed E-state index contributed by atoms with van der Waals surface area (Å²) in [5.74, 6) is 0.603. The number of amides is 1. The first kappa shape index (κ1) is 14.4. The highest BCUT2D eigenvalue weighted by Crippen LogP contribution is 2.26. The summed E-state index contributed by atoms with van der Waals surface area (Å²) in [7, 11) is 0. The molecule has 2 rings (SSSR count). The highest BCUT2D eigenvalue weighted by Gasteiger charge is 2.21. The van der Waals surface area contributed by atoms with Crippen LogP contribution in [0.25, 0.3) is 0 Å². The fourth-order valence-corrected chi connectivity index (χ4v) is 2.33. The van der Waals surface area contributed by atoms with Crippen LogP contribution in [0, 0.1) is 5.92 Å². The summed E-state index contributed by atoms with van der Waals surface area (Å²) in [5.41, 5.74) is 3.33. The Bertz CT molecular complexity index is 494. The Morgan fingerprint density at radius 2 is 2.25 bits per heavy atom. The normalized spacial score (nSPS) is 15.7. The maximum absolute atomic E-state index is 11.8. The minimum atomic E-state index is -0.0115. The number of hydrogen-bond donors (Lipinski definition) is 2. The van der Waals surface area contributed by atoms with Gasteiger partial charge in [0.2, 0.25) is 5.91 Å². The second kappa shape index (κ2) is 6.93. The molecular formula is C15H20N2O3. The van der Waals surface area contributed by atoms with Gasteiger partial charge in [-0.1, -0.05) is 12.8 Å². The number of phenolic OH excluding ortho intramolecular Hbond substituents is 1. The topological polar surface area (TPSA) is 70.9 Å². The molecule has 1 amide bonds. The van der Waals surface area contributed by atoms with Gasteiger partial charge in [-0.05, 0) is 43.5 Å². The second-order valence-corrected chi connectivity index (χ2v) is 4.88. The van der Waals surface area contributed by atoms with Crippen LogP contribution in [0.4, 0.5) is 0 Å². The number of aromatic hydroxyl groups is 1. The van der Waals surface area contributed by atoms with Crippen molar-refractivity contribution in [3.05, 3.63) is 23.8 Å². The van der Waals surface area contributed by atoms with Crippen molar-refractivity contribution in [2.24, 2.45) is 11.0 Å². The second-order valence-electron chi connectivity index (χ2n) is 4.88. The minimum absolute atomic E-state index is 0.0115. The summed E-state index contributed by atoms with van der Waals surface area (Å²) in [4.78, 5) is 11.8. The van der Waals surface area contributed by atoms with Gasteiger partial charge in [0.1, 0.15) is 0 Å². The van der Waals surface area contributed by atoms with Crippen LogP contribution in [0.15, 0.2) is 23.3 Å². The molecule has 0 aliphatic heterocycles. The molecule has 0 unspecified atom stereocenters. The third-order valence-electron chi connectivity index (χ3n) is 3.40. The van der Waals surface area contributed by atoms with Crippen molar-refractivity contribution in [2.45, 2.75) is 32.6 Å². The van der Waals surface area contributed by atoms with Gasteiger partial charge in [0, 0.05) is 5.92 Å². The van der Waals surface area contributed by atoms with Gasteiger partial charge in [0.25, 0.3) is 0 Å². The van der Waals surface area contributed by atoms with Crippen molar-refractivity contribution in [3.63, 3.8) is 0 Å². The zero-order chi connectivity index (χ0) is 14.4. The molecule has 0 heterocycles. The molecule has 2 N–H and O–H groups in total. The monoisotopic (exact) mass is 276 g/mol. The maximum atomic E-state index is 11.8. The first-order valence-electron chi connectivity index (χ1n) is 6.99. The zero-order valence-corrected chi connectivity index (χ0v) is 11.6. The van der Waals surface area contributed by atoms with Crippen LogP contribution in [0.1, 0.15) is 38.2 Å². The number of carbonyl (C=O) groups is 1. The lowest BCUT2D eigenvalue weighted by Gasteiger charge is -2.07. The van der Waals surface area contributed by atoms with Gasteiger partial charge in [0.05, 0.1) is 12.8 Å². The smallest absolute Gasteiger partial charge is 0.243 e. The molecule has 1 aromatic carbocycles. The number of hydrazone groups is 1. The average Bonchev–Trinajstić information content (AvgIpc) is 2.96. The molecule has 0 radical (unpaired) electrons. The van der Waals surface area contributed by atoms with Crippen molar-refractivity contribution < 1.29 is 14.6 Å². The highest BCUT2D eigenvalue weighted by atomic mass is 16.5. The van der Waals surface area contributed by atoms with Crippen molar-refractivity contribution in [1.82, 2.24) is 5.43 Å². The quantitative estimate of drug-likeness (QED) is 0.641. The van der Waals surface area contributed by atoms with Crippen LogP contribution >= 0.6 is 0 Å². The van der Waals surface area contributed by atoms with E-state index in [1.807, 2.05) is 6.92 Å². The SMILES string of the molecule is CCOc1cc(/C=N\NC(=O)C2CCCC2)ccc1O. The molecule has 0 bridgehead atoms. The third kappa shape index (κ3) is 3.73. The lowest BCUT2D eigenvalue weighted by Crippen LogP contribution is -2.24. The number of ether oxygens (including phenoxy) is 1. The molecule has 0 aromatic heterocycles. The Balaban J connectivity index is 1.93. The summed E-state index contributed by atoms with van der Waals surface area (Å²) in [6, 6.07) is 4.94. The van der Waals surface area contributed by atoms with Gasteiger partial charge >= 0.3 is 0 Å². The molecular weight excluding hydrogens is 256 g/mol. The van der Waals surface area contributed by atoms with Crippen LogP contribution < -0.4 is 10.2 Å². The Kier molecular flexibility index (Phi) is 4.98. The van der Waals surface area contributed by atoms with Gasteiger partial charge in [-0.3, -0.25) is 4.79 Å². The Morgan fingerprint density at radius 3 is 2.95 bits per heavy atom. The molecule has 1 aromatic rings. The van der Waals surface area contributed by atoms with E-state index in [1.165, 1.54) is 0 Å². The van der Waals surface area contributed by atoms with E-state index in [4.69, 9.17) is 4.74 Å². The summed E-state index contributed by atoms with van der Waals surface area (Å²) in [5, 5.41) is 13.5. The number of carbonyl (C=O) groups excluding carboxylic acids is 1. The molecule has 1 saturated carbocycles.